The van der Waals surface area contributed by atoms with Crippen LogP contribution in [0.2, 0.25) is 0 Å². The molecular formula is C20H19N3O2S. The number of hydrogen-bond acceptors (Lipinski definition) is 5. The number of rotatable bonds is 8. The van der Waals surface area contributed by atoms with E-state index in [0.29, 0.717) is 19.5 Å². The fraction of sp³-hybridized carbons (Fsp3) is 0.200. The van der Waals surface area contributed by atoms with Crippen LogP contribution in [0.3, 0.4) is 0 Å². The lowest BCUT2D eigenvalue weighted by atomic mass is 10.1. The van der Waals surface area contributed by atoms with Gasteiger partial charge in [0.25, 0.3) is 0 Å². The van der Waals surface area contributed by atoms with Crippen molar-refractivity contribution in [2.75, 3.05) is 11.9 Å². The van der Waals surface area contributed by atoms with Crippen LogP contribution in [0.5, 0.6) is 0 Å². The summed E-state index contributed by atoms with van der Waals surface area (Å²) in [5, 5.41) is 13.7. The van der Waals surface area contributed by atoms with E-state index in [9.17, 15) is 4.79 Å². The van der Waals surface area contributed by atoms with Gasteiger partial charge in [0.1, 0.15) is 5.76 Å². The zero-order chi connectivity index (χ0) is 18.2. The van der Waals surface area contributed by atoms with Crippen molar-refractivity contribution in [3.63, 3.8) is 0 Å². The largest absolute Gasteiger partial charge is 0.468 e. The highest BCUT2D eigenvalue weighted by Gasteiger charge is 2.14. The summed E-state index contributed by atoms with van der Waals surface area (Å²) in [6.07, 6.45) is 2.01. The molecule has 5 nitrogen and oxygen atoms in total. The molecule has 1 aromatic carbocycles. The Hall–Kier alpha value is -2.88. The monoisotopic (exact) mass is 365 g/mol. The van der Waals surface area contributed by atoms with Gasteiger partial charge in [-0.05, 0) is 41.3 Å². The van der Waals surface area contributed by atoms with Crippen LogP contribution in [-0.4, -0.2) is 17.4 Å². The highest BCUT2D eigenvalue weighted by Crippen LogP contribution is 2.15. The van der Waals surface area contributed by atoms with E-state index >= 15 is 0 Å². The van der Waals surface area contributed by atoms with E-state index in [-0.39, 0.29) is 12.5 Å². The minimum atomic E-state index is -0.0823. The molecular weight excluding hydrogens is 346 g/mol. The molecule has 0 aliphatic rings. The summed E-state index contributed by atoms with van der Waals surface area (Å²) in [4.78, 5) is 15.7. The van der Waals surface area contributed by atoms with Crippen LogP contribution in [0, 0.1) is 11.3 Å². The molecule has 0 radical (unpaired) electrons. The predicted octanol–water partition coefficient (Wildman–Crippen LogP) is 4.05. The molecule has 132 valence electrons. The molecule has 26 heavy (non-hydrogen) atoms. The van der Waals surface area contributed by atoms with E-state index < -0.39 is 0 Å². The maximum atomic E-state index is 12.5. The highest BCUT2D eigenvalue weighted by molar-refractivity contribution is 7.09. The first kappa shape index (κ1) is 17.9. The van der Waals surface area contributed by atoms with E-state index in [2.05, 4.69) is 17.5 Å². The molecule has 3 rings (SSSR count). The Labute approximate surface area is 156 Å². The van der Waals surface area contributed by atoms with Crippen molar-refractivity contribution in [1.82, 2.24) is 4.90 Å². The molecule has 3 aromatic rings. The first-order valence-electron chi connectivity index (χ1n) is 8.26. The Bertz CT molecular complexity index is 813. The third kappa shape index (κ3) is 5.31. The first-order valence-corrected chi connectivity index (χ1v) is 9.14. The van der Waals surface area contributed by atoms with Crippen LogP contribution in [-0.2, 0) is 24.3 Å². The normalized spacial score (nSPS) is 10.6. The molecule has 0 saturated carbocycles. The van der Waals surface area contributed by atoms with E-state index in [0.717, 1.165) is 17.0 Å². The topological polar surface area (TPSA) is 69.3 Å². The van der Waals surface area contributed by atoms with Crippen LogP contribution in [0.15, 0.2) is 64.6 Å². The van der Waals surface area contributed by atoms with Crippen LogP contribution in [0.1, 0.15) is 16.2 Å². The van der Waals surface area contributed by atoms with Gasteiger partial charge in [-0.2, -0.15) is 5.26 Å². The van der Waals surface area contributed by atoms with Gasteiger partial charge >= 0.3 is 0 Å². The van der Waals surface area contributed by atoms with E-state index in [4.69, 9.17) is 9.68 Å². The lowest BCUT2D eigenvalue weighted by Crippen LogP contribution is -2.32. The fourth-order valence-electron chi connectivity index (χ4n) is 2.61. The molecule has 2 heterocycles. The molecule has 0 saturated heterocycles. The summed E-state index contributed by atoms with van der Waals surface area (Å²) >= 11 is 1.67. The Balaban J connectivity index is 1.61. The summed E-state index contributed by atoms with van der Waals surface area (Å²) in [5.41, 5.74) is 1.66. The van der Waals surface area contributed by atoms with Crippen molar-refractivity contribution in [2.45, 2.75) is 19.5 Å². The van der Waals surface area contributed by atoms with Gasteiger partial charge in [-0.15, -0.1) is 11.3 Å². The van der Waals surface area contributed by atoms with Crippen LogP contribution in [0.25, 0.3) is 0 Å². The van der Waals surface area contributed by atoms with E-state index in [1.165, 1.54) is 4.88 Å². The lowest BCUT2D eigenvalue weighted by Gasteiger charge is -2.20. The molecule has 0 aliphatic carbocycles. The van der Waals surface area contributed by atoms with Gasteiger partial charge < -0.3 is 9.73 Å². The van der Waals surface area contributed by atoms with Gasteiger partial charge in [0.05, 0.1) is 31.8 Å². The number of carbonyl (C=O) groups excluding carboxylic acids is 1. The molecule has 1 N–H and O–H groups in total. The van der Waals surface area contributed by atoms with Gasteiger partial charge in [0, 0.05) is 17.1 Å². The van der Waals surface area contributed by atoms with Crippen LogP contribution >= 0.6 is 11.3 Å². The van der Waals surface area contributed by atoms with Crippen molar-refractivity contribution in [3.05, 3.63) is 76.4 Å². The first-order chi connectivity index (χ1) is 12.7. The Morgan fingerprint density at radius 3 is 2.65 bits per heavy atom. The summed E-state index contributed by atoms with van der Waals surface area (Å²) in [6, 6.07) is 17.3. The van der Waals surface area contributed by atoms with Crippen molar-refractivity contribution >= 4 is 22.9 Å². The Kier molecular flexibility index (Phi) is 6.20. The third-order valence-electron chi connectivity index (χ3n) is 3.81. The fourth-order valence-corrected chi connectivity index (χ4v) is 3.36. The van der Waals surface area contributed by atoms with Gasteiger partial charge in [-0.3, -0.25) is 9.69 Å². The number of nitrogens with one attached hydrogen (secondary N) is 1. The molecule has 0 bridgehead atoms. The van der Waals surface area contributed by atoms with Crippen molar-refractivity contribution in [3.8, 4) is 6.07 Å². The van der Waals surface area contributed by atoms with E-state index in [1.807, 2.05) is 52.7 Å². The van der Waals surface area contributed by atoms with Gasteiger partial charge in [0.15, 0.2) is 0 Å². The van der Waals surface area contributed by atoms with Gasteiger partial charge in [-0.1, -0.05) is 18.2 Å². The van der Waals surface area contributed by atoms with Crippen LogP contribution < -0.4 is 5.32 Å². The van der Waals surface area contributed by atoms with Gasteiger partial charge in [-0.25, -0.2) is 0 Å². The zero-order valence-electron chi connectivity index (χ0n) is 14.2. The number of nitrogens with zero attached hydrogens (tertiary/aromatic N) is 2. The molecule has 1 amide bonds. The summed E-state index contributed by atoms with van der Waals surface area (Å²) < 4.78 is 5.42. The molecule has 2 aromatic heterocycles. The second-order valence-electron chi connectivity index (χ2n) is 5.88. The van der Waals surface area contributed by atoms with Crippen molar-refractivity contribution in [1.29, 1.82) is 5.26 Å². The minimum absolute atomic E-state index is 0.0823. The number of thiophene rings is 1. The quantitative estimate of drug-likeness (QED) is 0.654. The number of benzene rings is 1. The number of nitriles is 1. The maximum absolute atomic E-state index is 12.5. The molecule has 0 unspecified atom stereocenters. The summed E-state index contributed by atoms with van der Waals surface area (Å²) in [7, 11) is 0. The van der Waals surface area contributed by atoms with Gasteiger partial charge in [0.2, 0.25) is 5.91 Å². The highest BCUT2D eigenvalue weighted by atomic mass is 32.1. The molecule has 0 spiro atoms. The Morgan fingerprint density at radius 2 is 2.00 bits per heavy atom. The Morgan fingerprint density at radius 1 is 1.15 bits per heavy atom. The van der Waals surface area contributed by atoms with Crippen LogP contribution in [0.4, 0.5) is 5.69 Å². The second-order valence-corrected chi connectivity index (χ2v) is 6.92. The number of hydrogen-bond donors (Lipinski definition) is 1. The standard InChI is InChI=1S/C20H19N3O2S/c21-10-9-16-5-7-17(8-6-16)22-20(24)15-23(13-18-3-1-11-25-18)14-19-4-2-12-26-19/h1-8,11-12H,9,13-15H2,(H,22,24). The molecule has 6 heteroatoms. The average Bonchev–Trinajstić information content (AvgIpc) is 3.31. The lowest BCUT2D eigenvalue weighted by molar-refractivity contribution is -0.117. The minimum Gasteiger partial charge on any atom is -0.468 e. The third-order valence-corrected chi connectivity index (χ3v) is 4.67. The predicted molar refractivity (Wildman–Crippen MR) is 102 cm³/mol. The smallest absolute Gasteiger partial charge is 0.238 e. The number of furan rings is 1. The van der Waals surface area contributed by atoms with Crippen molar-refractivity contribution in [2.24, 2.45) is 0 Å². The van der Waals surface area contributed by atoms with E-state index in [1.54, 1.807) is 17.6 Å². The molecule has 0 fully saturated rings. The SMILES string of the molecule is N#CCc1ccc(NC(=O)CN(Cc2ccco2)Cc2cccs2)cc1. The summed E-state index contributed by atoms with van der Waals surface area (Å²) in [5.74, 6) is 0.747. The molecule has 0 aliphatic heterocycles. The maximum Gasteiger partial charge on any atom is 0.238 e. The molecule has 0 atom stereocenters. The van der Waals surface area contributed by atoms with Crippen molar-refractivity contribution < 1.29 is 9.21 Å². The number of carbonyl (C=O) groups is 1. The second kappa shape index (κ2) is 8.99. The zero-order valence-corrected chi connectivity index (χ0v) is 15.0. The average molecular weight is 365 g/mol. The number of anilines is 1. The number of amides is 1. The summed E-state index contributed by atoms with van der Waals surface area (Å²) in [6.45, 7) is 1.52.